The van der Waals surface area contributed by atoms with Gasteiger partial charge in [0.05, 0.1) is 11.2 Å². The maximum atomic E-state index is 13.0. The smallest absolute Gasteiger partial charge is 0.125 e. The fourth-order valence-electron chi connectivity index (χ4n) is 1.63. The zero-order valence-corrected chi connectivity index (χ0v) is 9.08. The first kappa shape index (κ1) is 10.0. The lowest BCUT2D eigenvalue weighted by atomic mass is 9.89. The summed E-state index contributed by atoms with van der Waals surface area (Å²) in [6.45, 7) is 6.24. The minimum Gasteiger partial charge on any atom is -0.240 e. The summed E-state index contributed by atoms with van der Waals surface area (Å²) in [5.41, 5.74) is 1.56. The molecule has 3 heteroatoms. The first-order valence-electron chi connectivity index (χ1n) is 4.89. The lowest BCUT2D eigenvalue weighted by Crippen LogP contribution is -2.14. The van der Waals surface area contributed by atoms with Crippen molar-refractivity contribution in [1.82, 2.24) is 9.97 Å². The van der Waals surface area contributed by atoms with Gasteiger partial charge in [0.2, 0.25) is 0 Å². The maximum absolute atomic E-state index is 13.0. The van der Waals surface area contributed by atoms with Gasteiger partial charge in [0, 0.05) is 16.9 Å². The van der Waals surface area contributed by atoms with Crippen molar-refractivity contribution in [1.29, 1.82) is 0 Å². The largest absolute Gasteiger partial charge is 0.240 e. The number of hydrogen-bond acceptors (Lipinski definition) is 2. The monoisotopic (exact) mass is 204 g/mol. The van der Waals surface area contributed by atoms with Crippen molar-refractivity contribution in [3.63, 3.8) is 0 Å². The van der Waals surface area contributed by atoms with Crippen LogP contribution in [-0.2, 0) is 5.41 Å². The van der Waals surface area contributed by atoms with Crippen LogP contribution in [0.5, 0.6) is 0 Å². The molecule has 0 fully saturated rings. The van der Waals surface area contributed by atoms with Gasteiger partial charge in [-0.3, -0.25) is 0 Å². The molecule has 2 aromatic rings. The first-order valence-corrected chi connectivity index (χ1v) is 4.89. The lowest BCUT2D eigenvalue weighted by molar-refractivity contribution is 0.573. The van der Waals surface area contributed by atoms with E-state index in [0.717, 1.165) is 11.1 Å². The van der Waals surface area contributed by atoms with Gasteiger partial charge >= 0.3 is 0 Å². The summed E-state index contributed by atoms with van der Waals surface area (Å²) < 4.78 is 13.0. The van der Waals surface area contributed by atoms with E-state index in [4.69, 9.17) is 0 Å². The molecule has 0 bridgehead atoms. The molecule has 1 aromatic heterocycles. The van der Waals surface area contributed by atoms with Crippen LogP contribution in [0.25, 0.3) is 10.9 Å². The number of rotatable bonds is 0. The molecule has 0 aliphatic rings. The average molecular weight is 204 g/mol. The fraction of sp³-hybridized carbons (Fsp3) is 0.333. The van der Waals surface area contributed by atoms with E-state index >= 15 is 0 Å². The Balaban J connectivity index is 2.77. The predicted molar refractivity (Wildman–Crippen MR) is 58.2 cm³/mol. The molecule has 0 spiro atoms. The Bertz CT molecular complexity index is 500. The van der Waals surface area contributed by atoms with Gasteiger partial charge in [-0.1, -0.05) is 20.8 Å². The Morgan fingerprint density at radius 3 is 2.53 bits per heavy atom. The molecule has 15 heavy (non-hydrogen) atoms. The van der Waals surface area contributed by atoms with Crippen molar-refractivity contribution in [3.05, 3.63) is 36.0 Å². The summed E-state index contributed by atoms with van der Waals surface area (Å²) in [6.07, 6.45) is 1.49. The van der Waals surface area contributed by atoms with Crippen molar-refractivity contribution in [2.45, 2.75) is 26.2 Å². The van der Waals surface area contributed by atoms with Crippen LogP contribution >= 0.6 is 0 Å². The van der Waals surface area contributed by atoms with Gasteiger partial charge in [-0.15, -0.1) is 0 Å². The van der Waals surface area contributed by atoms with Gasteiger partial charge in [0.15, 0.2) is 0 Å². The highest BCUT2D eigenvalue weighted by Gasteiger charge is 2.18. The second-order valence-electron chi connectivity index (χ2n) is 4.63. The molecule has 2 rings (SSSR count). The van der Waals surface area contributed by atoms with Crippen molar-refractivity contribution in [2.24, 2.45) is 0 Å². The summed E-state index contributed by atoms with van der Waals surface area (Å²) in [5.74, 6) is -0.263. The van der Waals surface area contributed by atoms with Gasteiger partial charge in [0.1, 0.15) is 12.1 Å². The van der Waals surface area contributed by atoms with E-state index < -0.39 is 0 Å². The standard InChI is InChI=1S/C12H13FN2/c1-12(2,3)11-9-5-4-8(13)6-10(9)14-7-15-11/h4-7H,1-3H3. The van der Waals surface area contributed by atoms with E-state index in [1.807, 2.05) is 0 Å². The van der Waals surface area contributed by atoms with E-state index in [2.05, 4.69) is 30.7 Å². The van der Waals surface area contributed by atoms with Crippen molar-refractivity contribution >= 4 is 10.9 Å². The minimum atomic E-state index is -0.263. The number of halogens is 1. The Morgan fingerprint density at radius 1 is 1.13 bits per heavy atom. The molecule has 0 atom stereocenters. The van der Waals surface area contributed by atoms with E-state index in [-0.39, 0.29) is 11.2 Å². The SMILES string of the molecule is CC(C)(C)c1ncnc2cc(F)ccc12. The summed E-state index contributed by atoms with van der Waals surface area (Å²) in [7, 11) is 0. The van der Waals surface area contributed by atoms with Crippen molar-refractivity contribution in [2.75, 3.05) is 0 Å². The fourth-order valence-corrected chi connectivity index (χ4v) is 1.63. The number of benzene rings is 1. The van der Waals surface area contributed by atoms with Gasteiger partial charge in [-0.05, 0) is 12.1 Å². The molecule has 0 unspecified atom stereocenters. The number of fused-ring (bicyclic) bond motifs is 1. The summed E-state index contributed by atoms with van der Waals surface area (Å²) in [5, 5.41) is 0.923. The van der Waals surface area contributed by atoms with Gasteiger partial charge in [-0.25, -0.2) is 14.4 Å². The van der Waals surface area contributed by atoms with Crippen LogP contribution in [0.15, 0.2) is 24.5 Å². The van der Waals surface area contributed by atoms with Crippen LogP contribution in [-0.4, -0.2) is 9.97 Å². The molecule has 0 aliphatic heterocycles. The minimum absolute atomic E-state index is 0.0565. The van der Waals surface area contributed by atoms with Gasteiger partial charge in [-0.2, -0.15) is 0 Å². The van der Waals surface area contributed by atoms with Crippen LogP contribution < -0.4 is 0 Å². The van der Waals surface area contributed by atoms with Gasteiger partial charge in [0.25, 0.3) is 0 Å². The van der Waals surface area contributed by atoms with E-state index in [0.29, 0.717) is 5.52 Å². The van der Waals surface area contributed by atoms with E-state index in [1.54, 1.807) is 6.07 Å². The van der Waals surface area contributed by atoms with Crippen LogP contribution in [0.3, 0.4) is 0 Å². The molecule has 1 aromatic carbocycles. The number of aromatic nitrogens is 2. The van der Waals surface area contributed by atoms with E-state index in [9.17, 15) is 4.39 Å². The summed E-state index contributed by atoms with van der Waals surface area (Å²) in [6, 6.07) is 4.62. The molecular weight excluding hydrogens is 191 g/mol. The molecule has 78 valence electrons. The third-order valence-corrected chi connectivity index (χ3v) is 2.31. The normalized spacial score (nSPS) is 12.0. The second-order valence-corrected chi connectivity index (χ2v) is 4.63. The zero-order valence-electron chi connectivity index (χ0n) is 9.08. The van der Waals surface area contributed by atoms with Crippen molar-refractivity contribution < 1.29 is 4.39 Å². The van der Waals surface area contributed by atoms with Crippen LogP contribution in [0.4, 0.5) is 4.39 Å². The second kappa shape index (κ2) is 3.26. The Kier molecular flexibility index (Phi) is 2.18. The summed E-state index contributed by atoms with van der Waals surface area (Å²) in [4.78, 5) is 8.34. The van der Waals surface area contributed by atoms with Crippen LogP contribution in [0, 0.1) is 5.82 Å². The molecule has 1 heterocycles. The summed E-state index contributed by atoms with van der Waals surface area (Å²) >= 11 is 0. The third-order valence-electron chi connectivity index (χ3n) is 2.31. The van der Waals surface area contributed by atoms with Crippen LogP contribution in [0.2, 0.25) is 0 Å². The molecular formula is C12H13FN2. The van der Waals surface area contributed by atoms with Gasteiger partial charge < -0.3 is 0 Å². The third kappa shape index (κ3) is 1.82. The van der Waals surface area contributed by atoms with Crippen LogP contribution in [0.1, 0.15) is 26.5 Å². The molecule has 0 aliphatic carbocycles. The Hall–Kier alpha value is -1.51. The highest BCUT2D eigenvalue weighted by atomic mass is 19.1. The topological polar surface area (TPSA) is 25.8 Å². The predicted octanol–water partition coefficient (Wildman–Crippen LogP) is 3.07. The molecule has 0 amide bonds. The van der Waals surface area contributed by atoms with E-state index in [1.165, 1.54) is 18.5 Å². The van der Waals surface area contributed by atoms with Crippen molar-refractivity contribution in [3.8, 4) is 0 Å². The number of hydrogen-bond donors (Lipinski definition) is 0. The molecule has 0 N–H and O–H groups in total. The lowest BCUT2D eigenvalue weighted by Gasteiger charge is -2.19. The highest BCUT2D eigenvalue weighted by molar-refractivity contribution is 5.81. The highest BCUT2D eigenvalue weighted by Crippen LogP contribution is 2.26. The maximum Gasteiger partial charge on any atom is 0.125 e. The molecule has 0 radical (unpaired) electrons. The number of nitrogens with zero attached hydrogens (tertiary/aromatic N) is 2. The Morgan fingerprint density at radius 2 is 1.87 bits per heavy atom. The zero-order chi connectivity index (χ0) is 11.1. The average Bonchev–Trinajstić information content (AvgIpc) is 2.15. The Labute approximate surface area is 88.2 Å². The molecule has 2 nitrogen and oxygen atoms in total. The molecule has 0 saturated heterocycles. The quantitative estimate of drug-likeness (QED) is 0.659. The first-order chi connectivity index (χ1) is 6.98. The molecule has 0 saturated carbocycles.